The molecular formula is C25H30ClN3O3. The van der Waals surface area contributed by atoms with E-state index >= 15 is 0 Å². The van der Waals surface area contributed by atoms with E-state index in [2.05, 4.69) is 5.10 Å². The molecule has 1 unspecified atom stereocenters. The lowest BCUT2D eigenvalue weighted by Gasteiger charge is -2.28. The largest absolute Gasteiger partial charge is 0.383 e. The summed E-state index contributed by atoms with van der Waals surface area (Å²) in [6, 6.07) is 15.3. The van der Waals surface area contributed by atoms with E-state index in [1.807, 2.05) is 69.3 Å². The topological polar surface area (TPSA) is 62.2 Å². The number of nitrogens with zero attached hydrogens (tertiary/aromatic N) is 3. The van der Waals surface area contributed by atoms with Gasteiger partial charge in [-0.1, -0.05) is 73.5 Å². The number of halogens is 1. The van der Waals surface area contributed by atoms with E-state index < -0.39 is 0 Å². The monoisotopic (exact) mass is 455 g/mol. The summed E-state index contributed by atoms with van der Waals surface area (Å²) < 4.78 is 5.14. The summed E-state index contributed by atoms with van der Waals surface area (Å²) in [4.78, 5) is 27.6. The molecule has 170 valence electrons. The van der Waals surface area contributed by atoms with Crippen LogP contribution in [0, 0.1) is 12.8 Å². The van der Waals surface area contributed by atoms with Crippen LogP contribution in [0.1, 0.15) is 43.0 Å². The zero-order valence-electron chi connectivity index (χ0n) is 19.0. The van der Waals surface area contributed by atoms with Crippen molar-refractivity contribution in [3.05, 3.63) is 70.2 Å². The zero-order valence-corrected chi connectivity index (χ0v) is 19.8. The third-order valence-corrected chi connectivity index (χ3v) is 5.84. The summed E-state index contributed by atoms with van der Waals surface area (Å²) in [6.45, 7) is 6.33. The van der Waals surface area contributed by atoms with Gasteiger partial charge >= 0.3 is 0 Å². The van der Waals surface area contributed by atoms with Crippen molar-refractivity contribution < 1.29 is 14.3 Å². The number of methoxy groups -OCH3 is 1. The number of amides is 2. The average Bonchev–Trinajstić information content (AvgIpc) is 3.22. The van der Waals surface area contributed by atoms with Crippen LogP contribution in [0.25, 0.3) is 0 Å². The smallest absolute Gasteiger partial charge is 0.262 e. The molecule has 0 bridgehead atoms. The van der Waals surface area contributed by atoms with Gasteiger partial charge in [0.1, 0.15) is 6.54 Å². The summed E-state index contributed by atoms with van der Waals surface area (Å²) in [5, 5.41) is 6.79. The van der Waals surface area contributed by atoms with Crippen molar-refractivity contribution in [2.45, 2.75) is 33.2 Å². The van der Waals surface area contributed by atoms with Crippen LogP contribution in [-0.2, 0) is 14.3 Å². The molecule has 2 aromatic carbocycles. The number of hydrogen-bond acceptors (Lipinski definition) is 4. The predicted octanol–water partition coefficient (Wildman–Crippen LogP) is 4.46. The van der Waals surface area contributed by atoms with E-state index in [9.17, 15) is 9.59 Å². The Hall–Kier alpha value is -2.70. The van der Waals surface area contributed by atoms with E-state index in [1.165, 1.54) is 5.01 Å². The quantitative estimate of drug-likeness (QED) is 0.590. The molecule has 0 radical (unpaired) electrons. The van der Waals surface area contributed by atoms with Crippen LogP contribution in [0.5, 0.6) is 0 Å². The molecule has 0 aromatic heterocycles. The Morgan fingerprint density at radius 1 is 1.19 bits per heavy atom. The maximum Gasteiger partial charge on any atom is 0.262 e. The summed E-state index contributed by atoms with van der Waals surface area (Å²) >= 11 is 6.41. The van der Waals surface area contributed by atoms with Crippen molar-refractivity contribution >= 4 is 29.1 Å². The number of hydrazone groups is 1. The van der Waals surface area contributed by atoms with Gasteiger partial charge in [0.15, 0.2) is 0 Å². The molecule has 1 aliphatic heterocycles. The molecule has 0 N–H and O–H groups in total. The molecule has 1 heterocycles. The van der Waals surface area contributed by atoms with Crippen LogP contribution in [0.15, 0.2) is 53.6 Å². The lowest BCUT2D eigenvalue weighted by atomic mass is 9.97. The van der Waals surface area contributed by atoms with E-state index in [1.54, 1.807) is 12.0 Å². The first-order valence-corrected chi connectivity index (χ1v) is 11.2. The van der Waals surface area contributed by atoms with Crippen molar-refractivity contribution in [2.24, 2.45) is 11.0 Å². The Labute approximate surface area is 194 Å². The third-order valence-electron chi connectivity index (χ3n) is 5.51. The van der Waals surface area contributed by atoms with Gasteiger partial charge in [0, 0.05) is 36.6 Å². The van der Waals surface area contributed by atoms with Gasteiger partial charge in [-0.05, 0) is 18.6 Å². The highest BCUT2D eigenvalue weighted by Crippen LogP contribution is 2.34. The van der Waals surface area contributed by atoms with Crippen LogP contribution in [0.2, 0.25) is 5.02 Å². The highest BCUT2D eigenvalue weighted by atomic mass is 35.5. The summed E-state index contributed by atoms with van der Waals surface area (Å²) in [5.41, 5.74) is 3.71. The van der Waals surface area contributed by atoms with Gasteiger partial charge in [-0.15, -0.1) is 0 Å². The minimum Gasteiger partial charge on any atom is -0.383 e. The fourth-order valence-electron chi connectivity index (χ4n) is 3.72. The highest BCUT2D eigenvalue weighted by Gasteiger charge is 2.35. The van der Waals surface area contributed by atoms with Crippen LogP contribution < -0.4 is 0 Å². The van der Waals surface area contributed by atoms with Gasteiger partial charge in [0.05, 0.1) is 18.4 Å². The van der Waals surface area contributed by atoms with Crippen molar-refractivity contribution in [1.82, 2.24) is 9.91 Å². The van der Waals surface area contributed by atoms with Gasteiger partial charge < -0.3 is 9.64 Å². The van der Waals surface area contributed by atoms with Gasteiger partial charge in [-0.25, -0.2) is 5.01 Å². The molecule has 1 atom stereocenters. The Kier molecular flexibility index (Phi) is 8.04. The summed E-state index contributed by atoms with van der Waals surface area (Å²) in [6.07, 6.45) is 0.550. The van der Waals surface area contributed by atoms with Crippen LogP contribution in [0.3, 0.4) is 0 Å². The SMILES string of the molecule is COCCN(CC(=O)N1N=C(c2ccccc2Cl)CC1c1ccc(C)cc1)C(=O)C(C)C. The molecule has 0 saturated heterocycles. The van der Waals surface area contributed by atoms with Crippen LogP contribution in [0.4, 0.5) is 0 Å². The van der Waals surface area contributed by atoms with Gasteiger partial charge in [-0.3, -0.25) is 9.59 Å². The van der Waals surface area contributed by atoms with Gasteiger partial charge in [-0.2, -0.15) is 5.10 Å². The normalized spacial score (nSPS) is 15.8. The first-order valence-electron chi connectivity index (χ1n) is 10.8. The Morgan fingerprint density at radius 3 is 2.50 bits per heavy atom. The van der Waals surface area contributed by atoms with Gasteiger partial charge in [0.2, 0.25) is 5.91 Å². The Bertz CT molecular complexity index is 988. The molecule has 0 aliphatic carbocycles. The third kappa shape index (κ3) is 5.56. The highest BCUT2D eigenvalue weighted by molar-refractivity contribution is 6.34. The second-order valence-electron chi connectivity index (χ2n) is 8.30. The van der Waals surface area contributed by atoms with Crippen molar-refractivity contribution in [3.8, 4) is 0 Å². The molecule has 1 aliphatic rings. The molecule has 2 amide bonds. The molecule has 0 spiro atoms. The van der Waals surface area contributed by atoms with E-state index in [4.69, 9.17) is 16.3 Å². The molecule has 3 rings (SSSR count). The van der Waals surface area contributed by atoms with Crippen molar-refractivity contribution in [3.63, 3.8) is 0 Å². The lowest BCUT2D eigenvalue weighted by Crippen LogP contribution is -2.44. The lowest BCUT2D eigenvalue weighted by molar-refractivity contribution is -0.143. The van der Waals surface area contributed by atoms with E-state index in [0.29, 0.717) is 24.6 Å². The molecule has 0 saturated carbocycles. The zero-order chi connectivity index (χ0) is 23.3. The molecule has 2 aromatic rings. The maximum atomic E-state index is 13.4. The molecule has 32 heavy (non-hydrogen) atoms. The number of rotatable bonds is 8. The number of ether oxygens (including phenoxy) is 1. The molecule has 0 fully saturated rings. The molecular weight excluding hydrogens is 426 g/mol. The fraction of sp³-hybridized carbons (Fsp3) is 0.400. The summed E-state index contributed by atoms with van der Waals surface area (Å²) in [5.74, 6) is -0.534. The number of aryl methyl sites for hydroxylation is 1. The maximum absolute atomic E-state index is 13.4. The number of carbonyl (C=O) groups is 2. The average molecular weight is 456 g/mol. The number of hydrogen-bond donors (Lipinski definition) is 0. The molecule has 7 heteroatoms. The fourth-order valence-corrected chi connectivity index (χ4v) is 3.96. The van der Waals surface area contributed by atoms with Crippen molar-refractivity contribution in [2.75, 3.05) is 26.8 Å². The van der Waals surface area contributed by atoms with E-state index in [0.717, 1.165) is 22.4 Å². The number of benzene rings is 2. The first kappa shape index (κ1) is 24.0. The van der Waals surface area contributed by atoms with Crippen LogP contribution >= 0.6 is 11.6 Å². The minimum absolute atomic E-state index is 0.0535. The van der Waals surface area contributed by atoms with Gasteiger partial charge in [0.25, 0.3) is 5.91 Å². The Balaban J connectivity index is 1.91. The standard InChI is InChI=1S/C25H30ClN3O3/c1-17(2)25(31)28(13-14-32-4)16-24(30)29-23(19-11-9-18(3)10-12-19)15-22(27-29)20-7-5-6-8-21(20)26/h5-12,17,23H,13-16H2,1-4H3. The number of carbonyl (C=O) groups excluding carboxylic acids is 2. The van der Waals surface area contributed by atoms with Crippen molar-refractivity contribution in [1.29, 1.82) is 0 Å². The van der Waals surface area contributed by atoms with E-state index in [-0.39, 0.29) is 30.3 Å². The Morgan fingerprint density at radius 2 is 1.88 bits per heavy atom. The molecule has 6 nitrogen and oxygen atoms in total. The van der Waals surface area contributed by atoms with Crippen LogP contribution in [-0.4, -0.2) is 54.2 Å². The summed E-state index contributed by atoms with van der Waals surface area (Å²) in [7, 11) is 1.58. The minimum atomic E-state index is -0.257. The predicted molar refractivity (Wildman–Crippen MR) is 127 cm³/mol. The second-order valence-corrected chi connectivity index (χ2v) is 8.71. The second kappa shape index (κ2) is 10.7. The first-order chi connectivity index (χ1) is 15.3.